The molecule has 2 amide bonds. The standard InChI is InChI=1S/C27H27N3O8S3/c1-4-12-30-18-11-10-16(25(33)38-5-2)13-20(18)40-27(30)29-22(32)15-41(35,36)14-21(31)28-24-23(26(34)37-3)17-8-6-7-9-19(17)39-24/h1,10-11,13H,5-9,12,14-15H2,2-3H3,(H,28,31). The van der Waals surface area contributed by atoms with Crippen LogP contribution in [0.4, 0.5) is 5.00 Å². The van der Waals surface area contributed by atoms with E-state index in [-0.39, 0.29) is 28.5 Å². The van der Waals surface area contributed by atoms with E-state index < -0.39 is 45.1 Å². The number of benzene rings is 1. The molecule has 0 spiro atoms. The van der Waals surface area contributed by atoms with Gasteiger partial charge >= 0.3 is 11.9 Å². The van der Waals surface area contributed by atoms with E-state index in [2.05, 4.69) is 16.2 Å². The maximum atomic E-state index is 12.7. The zero-order valence-corrected chi connectivity index (χ0v) is 24.8. The Hall–Kier alpha value is -3.80. The first-order valence-corrected chi connectivity index (χ1v) is 16.1. The molecule has 0 fully saturated rings. The summed E-state index contributed by atoms with van der Waals surface area (Å²) in [6.07, 6.45) is 8.76. The lowest BCUT2D eigenvalue weighted by molar-refractivity contribution is -0.115. The minimum atomic E-state index is -4.21. The number of nitrogens with one attached hydrogen (secondary N) is 1. The maximum Gasteiger partial charge on any atom is 0.341 e. The number of amides is 2. The Bertz CT molecular complexity index is 1760. The summed E-state index contributed by atoms with van der Waals surface area (Å²) in [7, 11) is -2.97. The Kier molecular flexibility index (Phi) is 9.42. The van der Waals surface area contributed by atoms with Crippen molar-refractivity contribution in [2.24, 2.45) is 4.99 Å². The zero-order valence-electron chi connectivity index (χ0n) is 22.4. The highest BCUT2D eigenvalue weighted by Crippen LogP contribution is 2.38. The number of thiophene rings is 1. The van der Waals surface area contributed by atoms with Crippen LogP contribution in [0.15, 0.2) is 23.2 Å². The summed E-state index contributed by atoms with van der Waals surface area (Å²) in [4.78, 5) is 55.0. The molecule has 1 aromatic carbocycles. The number of anilines is 1. The van der Waals surface area contributed by atoms with Crippen LogP contribution in [0.1, 0.15) is 50.9 Å². The highest BCUT2D eigenvalue weighted by molar-refractivity contribution is 7.92. The predicted molar refractivity (Wildman–Crippen MR) is 155 cm³/mol. The van der Waals surface area contributed by atoms with Gasteiger partial charge in [0, 0.05) is 4.88 Å². The molecule has 0 atom stereocenters. The van der Waals surface area contributed by atoms with Gasteiger partial charge in [-0.05, 0) is 56.4 Å². The molecule has 4 rings (SSSR count). The molecule has 11 nitrogen and oxygen atoms in total. The smallest absolute Gasteiger partial charge is 0.341 e. The Labute approximate surface area is 244 Å². The van der Waals surface area contributed by atoms with E-state index in [9.17, 15) is 27.6 Å². The summed E-state index contributed by atoms with van der Waals surface area (Å²) in [5.41, 5.74) is 1.98. The Balaban J connectivity index is 1.52. The quantitative estimate of drug-likeness (QED) is 0.285. The molecule has 3 aromatic rings. The van der Waals surface area contributed by atoms with Crippen LogP contribution in [0.25, 0.3) is 10.2 Å². The van der Waals surface area contributed by atoms with Crippen molar-refractivity contribution in [1.82, 2.24) is 4.57 Å². The van der Waals surface area contributed by atoms with Crippen molar-refractivity contribution in [2.45, 2.75) is 39.2 Å². The van der Waals surface area contributed by atoms with Crippen LogP contribution < -0.4 is 10.1 Å². The van der Waals surface area contributed by atoms with E-state index >= 15 is 0 Å². The number of carbonyl (C=O) groups is 4. The lowest BCUT2D eigenvalue weighted by Gasteiger charge is -2.11. The number of nitrogens with zero attached hydrogens (tertiary/aromatic N) is 2. The lowest BCUT2D eigenvalue weighted by Crippen LogP contribution is -2.28. The fraction of sp³-hybridized carbons (Fsp3) is 0.370. The number of aromatic nitrogens is 1. The first-order valence-electron chi connectivity index (χ1n) is 12.6. The normalized spacial score (nSPS) is 13.3. The van der Waals surface area contributed by atoms with Gasteiger partial charge in [0.15, 0.2) is 14.6 Å². The topological polar surface area (TPSA) is 150 Å². The van der Waals surface area contributed by atoms with E-state index in [1.165, 1.54) is 18.4 Å². The van der Waals surface area contributed by atoms with Crippen molar-refractivity contribution in [3.8, 4) is 12.3 Å². The second kappa shape index (κ2) is 12.8. The highest BCUT2D eigenvalue weighted by atomic mass is 32.2. The van der Waals surface area contributed by atoms with Crippen LogP contribution in [0.2, 0.25) is 0 Å². The number of methoxy groups -OCH3 is 1. The van der Waals surface area contributed by atoms with Crippen molar-refractivity contribution in [1.29, 1.82) is 0 Å². The third-order valence-corrected chi connectivity index (χ3v) is 9.81. The number of thiazole rings is 1. The molecule has 0 saturated heterocycles. The SMILES string of the molecule is C#CCn1c(=NC(=O)CS(=O)(=O)CC(=O)Nc2sc3c(c2C(=O)OC)CCCC3)sc2cc(C(=O)OCC)ccc21. The number of terminal acetylenes is 1. The maximum absolute atomic E-state index is 12.7. The molecule has 0 unspecified atom stereocenters. The Morgan fingerprint density at radius 3 is 2.59 bits per heavy atom. The average Bonchev–Trinajstić information content (AvgIpc) is 3.44. The molecule has 1 N–H and O–H groups in total. The molecule has 14 heteroatoms. The highest BCUT2D eigenvalue weighted by Gasteiger charge is 2.28. The van der Waals surface area contributed by atoms with Crippen LogP contribution in [0, 0.1) is 12.3 Å². The number of sulfone groups is 1. The second-order valence-electron chi connectivity index (χ2n) is 9.07. The minimum Gasteiger partial charge on any atom is -0.465 e. The lowest BCUT2D eigenvalue weighted by atomic mass is 9.95. The monoisotopic (exact) mass is 617 g/mol. The molecule has 0 aliphatic heterocycles. The molecule has 0 bridgehead atoms. The fourth-order valence-corrected chi connectivity index (χ4v) is 7.85. The van der Waals surface area contributed by atoms with Gasteiger partial charge in [0.25, 0.3) is 5.91 Å². The molecule has 2 heterocycles. The number of hydrogen-bond donors (Lipinski definition) is 1. The summed E-state index contributed by atoms with van der Waals surface area (Å²) in [5, 5.41) is 2.76. The zero-order chi connectivity index (χ0) is 29.7. The van der Waals surface area contributed by atoms with Gasteiger partial charge in [-0.3, -0.25) is 9.59 Å². The van der Waals surface area contributed by atoms with Crippen molar-refractivity contribution in [2.75, 3.05) is 30.5 Å². The molecule has 1 aliphatic rings. The van der Waals surface area contributed by atoms with Gasteiger partial charge in [0.05, 0.1) is 41.6 Å². The third-order valence-electron chi connectivity index (χ3n) is 6.17. The van der Waals surface area contributed by atoms with Crippen molar-refractivity contribution < 1.29 is 37.1 Å². The summed E-state index contributed by atoms with van der Waals surface area (Å²) in [6, 6.07) is 4.79. The molecular weight excluding hydrogens is 591 g/mol. The van der Waals surface area contributed by atoms with Crippen LogP contribution in [-0.4, -0.2) is 62.0 Å². The van der Waals surface area contributed by atoms with Gasteiger partial charge in [-0.1, -0.05) is 17.3 Å². The van der Waals surface area contributed by atoms with Crippen LogP contribution >= 0.6 is 22.7 Å². The molecule has 1 aliphatic carbocycles. The number of carbonyl (C=O) groups excluding carboxylic acids is 4. The van der Waals surface area contributed by atoms with Crippen LogP contribution in [-0.2, 0) is 48.3 Å². The Morgan fingerprint density at radius 2 is 1.88 bits per heavy atom. The van der Waals surface area contributed by atoms with E-state index in [0.717, 1.165) is 41.0 Å². The van der Waals surface area contributed by atoms with E-state index in [1.807, 2.05) is 0 Å². The molecular formula is C27H27N3O8S3. The van der Waals surface area contributed by atoms with Crippen molar-refractivity contribution >= 4 is 71.5 Å². The molecule has 216 valence electrons. The average molecular weight is 618 g/mol. The number of hydrogen-bond acceptors (Lipinski definition) is 10. The first-order chi connectivity index (χ1) is 19.6. The Morgan fingerprint density at radius 1 is 1.12 bits per heavy atom. The summed E-state index contributed by atoms with van der Waals surface area (Å²) < 4.78 is 37.5. The third kappa shape index (κ3) is 6.92. The summed E-state index contributed by atoms with van der Waals surface area (Å²) in [6.45, 7) is 1.95. The number of aryl methyl sites for hydroxylation is 1. The molecule has 0 radical (unpaired) electrons. The largest absolute Gasteiger partial charge is 0.465 e. The predicted octanol–water partition coefficient (Wildman–Crippen LogP) is 2.72. The van der Waals surface area contributed by atoms with Gasteiger partial charge in [-0.2, -0.15) is 4.99 Å². The van der Waals surface area contributed by atoms with Gasteiger partial charge < -0.3 is 19.4 Å². The number of fused-ring (bicyclic) bond motifs is 2. The second-order valence-corrected chi connectivity index (χ2v) is 13.2. The minimum absolute atomic E-state index is 0.0489. The molecule has 2 aromatic heterocycles. The van der Waals surface area contributed by atoms with E-state index in [0.29, 0.717) is 22.2 Å². The van der Waals surface area contributed by atoms with Gasteiger partial charge in [0.1, 0.15) is 16.5 Å². The summed E-state index contributed by atoms with van der Waals surface area (Å²) in [5.74, 6) is -2.49. The first kappa shape index (κ1) is 30.2. The summed E-state index contributed by atoms with van der Waals surface area (Å²) >= 11 is 2.29. The fourth-order valence-electron chi connectivity index (χ4n) is 4.46. The number of ether oxygens (including phenoxy) is 2. The van der Waals surface area contributed by atoms with Crippen LogP contribution in [0.5, 0.6) is 0 Å². The van der Waals surface area contributed by atoms with E-state index in [4.69, 9.17) is 15.9 Å². The van der Waals surface area contributed by atoms with Crippen molar-refractivity contribution in [3.63, 3.8) is 0 Å². The van der Waals surface area contributed by atoms with Crippen LogP contribution in [0.3, 0.4) is 0 Å². The molecule has 41 heavy (non-hydrogen) atoms. The molecule has 0 saturated carbocycles. The van der Waals surface area contributed by atoms with Gasteiger partial charge in [0.2, 0.25) is 5.91 Å². The van der Waals surface area contributed by atoms with E-state index in [1.54, 1.807) is 29.7 Å². The van der Waals surface area contributed by atoms with Gasteiger partial charge in [-0.25, -0.2) is 18.0 Å². The van der Waals surface area contributed by atoms with Crippen molar-refractivity contribution in [3.05, 3.63) is 44.6 Å². The number of esters is 2. The number of rotatable bonds is 9. The van der Waals surface area contributed by atoms with Gasteiger partial charge in [-0.15, -0.1) is 17.8 Å².